The lowest BCUT2D eigenvalue weighted by molar-refractivity contribution is -0.121. The molecule has 21 heavy (non-hydrogen) atoms. The van der Waals surface area contributed by atoms with Crippen LogP contribution in [0.3, 0.4) is 0 Å². The SMILES string of the molecule is CNCCC(=O)NC(Cc1ccccc1)c1sccc1C. The Morgan fingerprint density at radius 2 is 2.00 bits per heavy atom. The van der Waals surface area contributed by atoms with Crippen LogP contribution in [0.2, 0.25) is 0 Å². The molecule has 1 atom stereocenters. The number of carbonyl (C=O) groups excluding carboxylic acids is 1. The summed E-state index contributed by atoms with van der Waals surface area (Å²) in [6.07, 6.45) is 1.33. The monoisotopic (exact) mass is 302 g/mol. The Labute approximate surface area is 130 Å². The lowest BCUT2D eigenvalue weighted by Crippen LogP contribution is -2.31. The van der Waals surface area contributed by atoms with E-state index in [-0.39, 0.29) is 11.9 Å². The van der Waals surface area contributed by atoms with Crippen molar-refractivity contribution < 1.29 is 4.79 Å². The van der Waals surface area contributed by atoms with Crippen LogP contribution in [-0.2, 0) is 11.2 Å². The first-order valence-corrected chi connectivity index (χ1v) is 8.10. The predicted molar refractivity (Wildman–Crippen MR) is 88.6 cm³/mol. The van der Waals surface area contributed by atoms with Crippen molar-refractivity contribution in [2.45, 2.75) is 25.8 Å². The smallest absolute Gasteiger partial charge is 0.221 e. The Kier molecular flexibility index (Phi) is 5.96. The summed E-state index contributed by atoms with van der Waals surface area (Å²) in [7, 11) is 1.86. The van der Waals surface area contributed by atoms with Crippen molar-refractivity contribution in [3.05, 3.63) is 57.8 Å². The molecule has 112 valence electrons. The zero-order valence-electron chi connectivity index (χ0n) is 12.6. The zero-order valence-corrected chi connectivity index (χ0v) is 13.4. The van der Waals surface area contributed by atoms with Gasteiger partial charge in [0.2, 0.25) is 5.91 Å². The number of hydrogen-bond donors (Lipinski definition) is 2. The fraction of sp³-hybridized carbons (Fsp3) is 0.353. The molecule has 0 radical (unpaired) electrons. The first-order chi connectivity index (χ1) is 10.2. The van der Waals surface area contributed by atoms with Crippen molar-refractivity contribution in [1.29, 1.82) is 0 Å². The molecule has 1 amide bonds. The molecule has 0 aliphatic heterocycles. The summed E-state index contributed by atoms with van der Waals surface area (Å²) in [4.78, 5) is 13.3. The summed E-state index contributed by atoms with van der Waals surface area (Å²) in [5.41, 5.74) is 2.49. The number of thiophene rings is 1. The van der Waals surface area contributed by atoms with Gasteiger partial charge < -0.3 is 10.6 Å². The third-order valence-corrected chi connectivity index (χ3v) is 4.57. The van der Waals surface area contributed by atoms with Gasteiger partial charge in [0.25, 0.3) is 0 Å². The molecule has 4 heteroatoms. The summed E-state index contributed by atoms with van der Waals surface area (Å²) >= 11 is 1.71. The van der Waals surface area contributed by atoms with Gasteiger partial charge in [0.05, 0.1) is 6.04 Å². The van der Waals surface area contributed by atoms with Crippen LogP contribution in [0.1, 0.15) is 28.5 Å². The lowest BCUT2D eigenvalue weighted by Gasteiger charge is -2.19. The van der Waals surface area contributed by atoms with Gasteiger partial charge >= 0.3 is 0 Å². The highest BCUT2D eigenvalue weighted by molar-refractivity contribution is 7.10. The average Bonchev–Trinajstić information content (AvgIpc) is 2.91. The second-order valence-corrected chi connectivity index (χ2v) is 6.08. The maximum atomic E-state index is 12.1. The highest BCUT2D eigenvalue weighted by atomic mass is 32.1. The van der Waals surface area contributed by atoms with Gasteiger partial charge in [-0.25, -0.2) is 0 Å². The van der Waals surface area contributed by atoms with Crippen LogP contribution >= 0.6 is 11.3 Å². The Bertz CT molecular complexity index is 565. The lowest BCUT2D eigenvalue weighted by atomic mass is 10.0. The van der Waals surface area contributed by atoms with Gasteiger partial charge in [0, 0.05) is 17.8 Å². The Morgan fingerprint density at radius 1 is 1.24 bits per heavy atom. The van der Waals surface area contributed by atoms with E-state index in [4.69, 9.17) is 0 Å². The molecular weight excluding hydrogens is 280 g/mol. The van der Waals surface area contributed by atoms with Crippen LogP contribution in [-0.4, -0.2) is 19.5 Å². The highest BCUT2D eigenvalue weighted by Crippen LogP contribution is 2.27. The minimum Gasteiger partial charge on any atom is -0.348 e. The molecule has 0 saturated heterocycles. The summed E-state index contributed by atoms with van der Waals surface area (Å²) in [5, 5.41) is 8.27. The summed E-state index contributed by atoms with van der Waals surface area (Å²) in [6, 6.07) is 12.5. The summed E-state index contributed by atoms with van der Waals surface area (Å²) in [5.74, 6) is 0.0954. The second-order valence-electron chi connectivity index (χ2n) is 5.13. The quantitative estimate of drug-likeness (QED) is 0.825. The van der Waals surface area contributed by atoms with Crippen molar-refractivity contribution in [3.8, 4) is 0 Å². The summed E-state index contributed by atoms with van der Waals surface area (Å²) in [6.45, 7) is 2.80. The molecule has 1 unspecified atom stereocenters. The van der Waals surface area contributed by atoms with Crippen molar-refractivity contribution in [2.24, 2.45) is 0 Å². The topological polar surface area (TPSA) is 41.1 Å². The number of rotatable bonds is 7. The maximum Gasteiger partial charge on any atom is 0.221 e. The second kappa shape index (κ2) is 7.96. The van der Waals surface area contributed by atoms with E-state index >= 15 is 0 Å². The first-order valence-electron chi connectivity index (χ1n) is 7.22. The molecule has 1 aromatic carbocycles. The molecule has 0 saturated carbocycles. The van der Waals surface area contributed by atoms with E-state index in [0.717, 1.165) is 6.42 Å². The Hall–Kier alpha value is -1.65. The van der Waals surface area contributed by atoms with Gasteiger partial charge in [-0.3, -0.25) is 4.79 Å². The number of amides is 1. The largest absolute Gasteiger partial charge is 0.348 e. The van der Waals surface area contributed by atoms with E-state index in [1.807, 2.05) is 25.2 Å². The van der Waals surface area contributed by atoms with Crippen LogP contribution in [0.15, 0.2) is 41.8 Å². The summed E-state index contributed by atoms with van der Waals surface area (Å²) < 4.78 is 0. The van der Waals surface area contributed by atoms with Gasteiger partial charge in [0.1, 0.15) is 0 Å². The normalized spacial score (nSPS) is 12.1. The van der Waals surface area contributed by atoms with Crippen molar-refractivity contribution in [2.75, 3.05) is 13.6 Å². The van der Waals surface area contributed by atoms with Gasteiger partial charge in [-0.15, -0.1) is 11.3 Å². The molecule has 0 aliphatic rings. The molecule has 2 rings (SSSR count). The van der Waals surface area contributed by atoms with Crippen LogP contribution in [0.4, 0.5) is 0 Å². The predicted octanol–water partition coefficient (Wildman–Crippen LogP) is 3.07. The Balaban J connectivity index is 2.11. The van der Waals surface area contributed by atoms with E-state index < -0.39 is 0 Å². The van der Waals surface area contributed by atoms with Crippen LogP contribution in [0.25, 0.3) is 0 Å². The van der Waals surface area contributed by atoms with Crippen LogP contribution in [0.5, 0.6) is 0 Å². The molecule has 1 heterocycles. The number of nitrogens with one attached hydrogen (secondary N) is 2. The van der Waals surface area contributed by atoms with E-state index in [1.165, 1.54) is 16.0 Å². The van der Waals surface area contributed by atoms with Crippen molar-refractivity contribution >= 4 is 17.2 Å². The van der Waals surface area contributed by atoms with Gasteiger partial charge in [0.15, 0.2) is 0 Å². The molecule has 3 nitrogen and oxygen atoms in total. The molecule has 0 aliphatic carbocycles. The fourth-order valence-corrected chi connectivity index (χ4v) is 3.28. The van der Waals surface area contributed by atoms with Gasteiger partial charge in [-0.2, -0.15) is 0 Å². The molecule has 0 spiro atoms. The molecule has 1 aromatic heterocycles. The van der Waals surface area contributed by atoms with E-state index in [1.54, 1.807) is 11.3 Å². The van der Waals surface area contributed by atoms with Crippen molar-refractivity contribution in [1.82, 2.24) is 10.6 Å². The van der Waals surface area contributed by atoms with Gasteiger partial charge in [-0.05, 0) is 43.0 Å². The minimum absolute atomic E-state index is 0.0526. The van der Waals surface area contributed by atoms with Crippen LogP contribution in [0, 0.1) is 6.92 Å². The number of benzene rings is 1. The van der Waals surface area contributed by atoms with E-state index in [2.05, 4.69) is 41.1 Å². The molecule has 0 bridgehead atoms. The third-order valence-electron chi connectivity index (χ3n) is 3.44. The first kappa shape index (κ1) is 15.7. The standard InChI is InChI=1S/C17H22N2OS/c1-13-9-11-21-17(13)15(19-16(20)8-10-18-2)12-14-6-4-3-5-7-14/h3-7,9,11,15,18H,8,10,12H2,1-2H3,(H,19,20). The molecule has 2 N–H and O–H groups in total. The fourth-order valence-electron chi connectivity index (χ4n) is 2.31. The number of hydrogen-bond acceptors (Lipinski definition) is 3. The Morgan fingerprint density at radius 3 is 2.62 bits per heavy atom. The molecule has 0 fully saturated rings. The van der Waals surface area contributed by atoms with Gasteiger partial charge in [-0.1, -0.05) is 30.3 Å². The van der Waals surface area contributed by atoms with Crippen LogP contribution < -0.4 is 10.6 Å². The van der Waals surface area contributed by atoms with E-state index in [9.17, 15) is 4.79 Å². The number of aryl methyl sites for hydroxylation is 1. The van der Waals surface area contributed by atoms with E-state index in [0.29, 0.717) is 13.0 Å². The third kappa shape index (κ3) is 4.69. The highest BCUT2D eigenvalue weighted by Gasteiger charge is 2.18. The minimum atomic E-state index is 0.0526. The van der Waals surface area contributed by atoms with Crippen molar-refractivity contribution in [3.63, 3.8) is 0 Å². The maximum absolute atomic E-state index is 12.1. The average molecular weight is 302 g/mol. The zero-order chi connectivity index (χ0) is 15.1. The molecular formula is C17H22N2OS. The molecule has 2 aromatic rings. The number of carbonyl (C=O) groups is 1.